The van der Waals surface area contributed by atoms with Crippen LogP contribution in [0.15, 0.2) is 54.0 Å². The Morgan fingerprint density at radius 1 is 1.12 bits per heavy atom. The second-order valence-corrected chi connectivity index (χ2v) is 4.89. The molecule has 124 valence electrons. The molecule has 0 amide bonds. The molecule has 0 unspecified atom stereocenters. The Bertz CT molecular complexity index is 819. The zero-order valence-electron chi connectivity index (χ0n) is 12.5. The molecule has 1 heterocycles. The highest BCUT2D eigenvalue weighted by atomic mass is 16.7. The van der Waals surface area contributed by atoms with Crippen LogP contribution in [0.2, 0.25) is 0 Å². The van der Waals surface area contributed by atoms with E-state index in [2.05, 4.69) is 5.43 Å². The first-order valence-corrected chi connectivity index (χ1v) is 6.96. The molecule has 0 bridgehead atoms. The fraction of sp³-hybridized carbons (Fsp3) is 0.0625. The maximum absolute atomic E-state index is 10.9. The third-order valence-corrected chi connectivity index (χ3v) is 3.37. The fourth-order valence-electron chi connectivity index (χ4n) is 2.19. The Morgan fingerprint density at radius 3 is 2.62 bits per heavy atom. The first kappa shape index (κ1) is 15.5. The van der Waals surface area contributed by atoms with Gasteiger partial charge in [0.2, 0.25) is 12.7 Å². The number of nitrogens with one attached hydrogen (secondary N) is 1. The molecule has 6 N–H and O–H groups in total. The lowest BCUT2D eigenvalue weighted by molar-refractivity contribution is -0.132. The normalized spacial score (nSPS) is 13.2. The van der Waals surface area contributed by atoms with E-state index in [1.807, 2.05) is 24.3 Å². The van der Waals surface area contributed by atoms with E-state index in [9.17, 15) is 4.79 Å². The highest BCUT2D eigenvalue weighted by Crippen LogP contribution is 2.36. The Labute approximate surface area is 137 Å². The molecule has 8 nitrogen and oxygen atoms in total. The molecule has 0 aromatic heterocycles. The van der Waals surface area contributed by atoms with Crippen molar-refractivity contribution in [3.63, 3.8) is 0 Å². The van der Waals surface area contributed by atoms with Crippen molar-refractivity contribution >= 4 is 5.97 Å². The largest absolute Gasteiger partial charge is 0.476 e. The zero-order valence-corrected chi connectivity index (χ0v) is 12.5. The van der Waals surface area contributed by atoms with Gasteiger partial charge in [0.15, 0.2) is 17.2 Å². The number of hydrogen-bond donors (Lipinski definition) is 4. The average molecular weight is 329 g/mol. The van der Waals surface area contributed by atoms with Crippen LogP contribution in [0.1, 0.15) is 0 Å². The van der Waals surface area contributed by atoms with Gasteiger partial charge in [0.05, 0.1) is 0 Å². The van der Waals surface area contributed by atoms with Crippen LogP contribution in [-0.2, 0) is 4.79 Å². The lowest BCUT2D eigenvalue weighted by Crippen LogP contribution is -2.31. The van der Waals surface area contributed by atoms with Crippen molar-refractivity contribution in [1.82, 2.24) is 5.43 Å². The predicted octanol–water partition coefficient (Wildman–Crippen LogP) is 1.14. The number of ether oxygens (including phenoxy) is 3. The Morgan fingerprint density at radius 2 is 1.88 bits per heavy atom. The van der Waals surface area contributed by atoms with E-state index in [0.29, 0.717) is 17.2 Å². The van der Waals surface area contributed by atoms with Crippen LogP contribution in [0.25, 0.3) is 11.1 Å². The van der Waals surface area contributed by atoms with E-state index in [1.165, 1.54) is 0 Å². The van der Waals surface area contributed by atoms with Crippen molar-refractivity contribution in [2.24, 2.45) is 11.6 Å². The van der Waals surface area contributed by atoms with E-state index >= 15 is 0 Å². The molecule has 0 fully saturated rings. The standard InChI is InChI=1S/C16H15N3O5/c17-14(16(20)21)15(19-18)24-11-3-1-2-9(6-11)10-4-5-12-13(7-10)23-8-22-12/h1-7,19H,8,17-18H2,(H,20,21)/b15-14+. The minimum atomic E-state index is -1.34. The van der Waals surface area contributed by atoms with Gasteiger partial charge in [-0.25, -0.2) is 10.6 Å². The number of benzene rings is 2. The summed E-state index contributed by atoms with van der Waals surface area (Å²) in [4.78, 5) is 10.9. The maximum Gasteiger partial charge on any atom is 0.357 e. The quantitative estimate of drug-likeness (QED) is 0.278. The monoisotopic (exact) mass is 329 g/mol. The summed E-state index contributed by atoms with van der Waals surface area (Å²) in [5, 5.41) is 8.90. The highest BCUT2D eigenvalue weighted by Gasteiger charge is 2.15. The highest BCUT2D eigenvalue weighted by molar-refractivity contribution is 5.85. The van der Waals surface area contributed by atoms with Crippen molar-refractivity contribution in [3.8, 4) is 28.4 Å². The van der Waals surface area contributed by atoms with Crippen LogP contribution in [-0.4, -0.2) is 17.9 Å². The Balaban J connectivity index is 1.89. The topological polar surface area (TPSA) is 129 Å². The van der Waals surface area contributed by atoms with E-state index in [0.717, 1.165) is 11.1 Å². The summed E-state index contributed by atoms with van der Waals surface area (Å²) in [6, 6.07) is 12.6. The molecule has 0 saturated carbocycles. The molecule has 0 radical (unpaired) electrons. The maximum atomic E-state index is 10.9. The summed E-state index contributed by atoms with van der Waals surface area (Å²) < 4.78 is 16.1. The Hall–Kier alpha value is -3.39. The van der Waals surface area contributed by atoms with Crippen LogP contribution in [0.3, 0.4) is 0 Å². The van der Waals surface area contributed by atoms with Gasteiger partial charge in [-0.15, -0.1) is 0 Å². The fourth-order valence-corrected chi connectivity index (χ4v) is 2.19. The SMILES string of the molecule is NN/C(Oc1cccc(-c2ccc3c(c2)OCO3)c1)=C(\N)C(=O)O. The lowest BCUT2D eigenvalue weighted by Gasteiger charge is -2.12. The molecule has 1 aliphatic heterocycles. The number of carboxylic acid groups (broad SMARTS) is 1. The summed E-state index contributed by atoms with van der Waals surface area (Å²) in [5.41, 5.74) is 8.76. The van der Waals surface area contributed by atoms with E-state index in [-0.39, 0.29) is 12.7 Å². The Kier molecular flexibility index (Phi) is 4.13. The second-order valence-electron chi connectivity index (χ2n) is 4.89. The number of carbonyl (C=O) groups is 1. The average Bonchev–Trinajstić information content (AvgIpc) is 3.07. The number of hydrogen-bond acceptors (Lipinski definition) is 7. The molecular weight excluding hydrogens is 314 g/mol. The van der Waals surface area contributed by atoms with Gasteiger partial charge >= 0.3 is 5.97 Å². The van der Waals surface area contributed by atoms with Crippen molar-refractivity contribution in [2.45, 2.75) is 0 Å². The smallest absolute Gasteiger partial charge is 0.357 e. The first-order valence-electron chi connectivity index (χ1n) is 6.96. The van der Waals surface area contributed by atoms with Gasteiger partial charge in [0, 0.05) is 0 Å². The summed E-state index contributed by atoms with van der Waals surface area (Å²) in [5.74, 6) is 5.41. The van der Waals surface area contributed by atoms with Gasteiger partial charge in [-0.1, -0.05) is 18.2 Å². The van der Waals surface area contributed by atoms with Gasteiger partial charge in [0.25, 0.3) is 0 Å². The molecule has 8 heteroatoms. The van der Waals surface area contributed by atoms with Crippen LogP contribution >= 0.6 is 0 Å². The molecule has 2 aromatic rings. The molecule has 0 atom stereocenters. The molecule has 0 spiro atoms. The molecular formula is C16H15N3O5. The first-order chi connectivity index (χ1) is 11.6. The van der Waals surface area contributed by atoms with E-state index < -0.39 is 11.7 Å². The second kappa shape index (κ2) is 6.39. The summed E-state index contributed by atoms with van der Waals surface area (Å²) in [7, 11) is 0. The van der Waals surface area contributed by atoms with Gasteiger partial charge in [0.1, 0.15) is 5.75 Å². The zero-order chi connectivity index (χ0) is 17.1. The molecule has 1 aliphatic rings. The summed E-state index contributed by atoms with van der Waals surface area (Å²) in [6.07, 6.45) is 0. The van der Waals surface area contributed by atoms with Crippen LogP contribution in [0.5, 0.6) is 17.2 Å². The van der Waals surface area contributed by atoms with Crippen molar-refractivity contribution in [1.29, 1.82) is 0 Å². The predicted molar refractivity (Wildman–Crippen MR) is 84.8 cm³/mol. The summed E-state index contributed by atoms with van der Waals surface area (Å²) in [6.45, 7) is 0.201. The molecule has 0 saturated heterocycles. The van der Waals surface area contributed by atoms with Crippen LogP contribution < -0.4 is 31.2 Å². The molecule has 2 aromatic carbocycles. The third-order valence-electron chi connectivity index (χ3n) is 3.37. The van der Waals surface area contributed by atoms with Crippen molar-refractivity contribution in [3.05, 3.63) is 54.0 Å². The third kappa shape index (κ3) is 3.03. The van der Waals surface area contributed by atoms with Crippen LogP contribution in [0, 0.1) is 0 Å². The minimum Gasteiger partial charge on any atom is -0.476 e. The number of aliphatic carboxylic acids is 1. The van der Waals surface area contributed by atoms with Crippen molar-refractivity contribution in [2.75, 3.05) is 6.79 Å². The van der Waals surface area contributed by atoms with Gasteiger partial charge < -0.3 is 25.1 Å². The van der Waals surface area contributed by atoms with E-state index in [4.69, 9.17) is 30.9 Å². The van der Waals surface area contributed by atoms with Crippen LogP contribution in [0.4, 0.5) is 0 Å². The van der Waals surface area contributed by atoms with Crippen molar-refractivity contribution < 1.29 is 24.1 Å². The lowest BCUT2D eigenvalue weighted by atomic mass is 10.0. The number of hydrazine groups is 1. The number of carboxylic acids is 1. The molecule has 3 rings (SSSR count). The molecule has 0 aliphatic carbocycles. The summed E-state index contributed by atoms with van der Waals surface area (Å²) >= 11 is 0. The van der Waals surface area contributed by atoms with Gasteiger partial charge in [-0.2, -0.15) is 0 Å². The van der Waals surface area contributed by atoms with Gasteiger partial charge in [-0.05, 0) is 35.4 Å². The van der Waals surface area contributed by atoms with E-state index in [1.54, 1.807) is 18.2 Å². The number of rotatable bonds is 5. The molecule has 24 heavy (non-hydrogen) atoms. The minimum absolute atomic E-state index is 0.201. The number of nitrogens with two attached hydrogens (primary N) is 2. The van der Waals surface area contributed by atoms with Gasteiger partial charge in [-0.3, -0.25) is 5.43 Å². The number of fused-ring (bicyclic) bond motifs is 1.